The highest BCUT2D eigenvalue weighted by Crippen LogP contribution is 2.26. The van der Waals surface area contributed by atoms with Crippen molar-refractivity contribution in [1.82, 2.24) is 19.8 Å². The van der Waals surface area contributed by atoms with Gasteiger partial charge in [0, 0.05) is 17.6 Å². The van der Waals surface area contributed by atoms with Gasteiger partial charge >= 0.3 is 0 Å². The zero-order chi connectivity index (χ0) is 27.9. The molecule has 1 N–H and O–H groups in total. The van der Waals surface area contributed by atoms with Crippen molar-refractivity contribution in [2.45, 2.75) is 64.2 Å². The van der Waals surface area contributed by atoms with Crippen LogP contribution in [0.4, 0.5) is 0 Å². The molecule has 8 heteroatoms. The number of ether oxygens (including phenoxy) is 1. The number of imidazole rings is 1. The fraction of sp³-hybridized carbons (Fsp3) is 0.344. The molecule has 1 saturated carbocycles. The van der Waals surface area contributed by atoms with Gasteiger partial charge in [0.2, 0.25) is 5.91 Å². The van der Waals surface area contributed by atoms with E-state index in [1.165, 1.54) is 6.42 Å². The first kappa shape index (κ1) is 27.7. The van der Waals surface area contributed by atoms with Gasteiger partial charge in [-0.15, -0.1) is 0 Å². The van der Waals surface area contributed by atoms with Gasteiger partial charge in [0.25, 0.3) is 5.91 Å². The molecule has 3 aromatic carbocycles. The predicted molar refractivity (Wildman–Crippen MR) is 157 cm³/mol. The number of aromatic nitrogens is 2. The molecule has 40 heavy (non-hydrogen) atoms. The zero-order valence-electron chi connectivity index (χ0n) is 22.8. The van der Waals surface area contributed by atoms with Crippen molar-refractivity contribution in [2.24, 2.45) is 0 Å². The van der Waals surface area contributed by atoms with E-state index in [4.69, 9.17) is 21.3 Å². The molecule has 5 rings (SSSR count). The van der Waals surface area contributed by atoms with Gasteiger partial charge in [-0.1, -0.05) is 73.3 Å². The summed E-state index contributed by atoms with van der Waals surface area (Å²) in [7, 11) is 0. The number of carbonyl (C=O) groups is 2. The van der Waals surface area contributed by atoms with Gasteiger partial charge in [0.1, 0.15) is 18.1 Å². The summed E-state index contributed by atoms with van der Waals surface area (Å²) < 4.78 is 7.56. The maximum atomic E-state index is 14.0. The van der Waals surface area contributed by atoms with Crippen molar-refractivity contribution < 1.29 is 14.3 Å². The van der Waals surface area contributed by atoms with Crippen molar-refractivity contribution in [3.8, 4) is 5.75 Å². The van der Waals surface area contributed by atoms with Crippen molar-refractivity contribution in [3.63, 3.8) is 0 Å². The molecule has 4 aromatic rings. The predicted octanol–water partition coefficient (Wildman–Crippen LogP) is 6.31. The Balaban J connectivity index is 1.34. The Bertz CT molecular complexity index is 1430. The van der Waals surface area contributed by atoms with E-state index >= 15 is 0 Å². The van der Waals surface area contributed by atoms with Crippen LogP contribution in [-0.2, 0) is 22.7 Å². The van der Waals surface area contributed by atoms with Gasteiger partial charge in [0.15, 0.2) is 6.61 Å². The van der Waals surface area contributed by atoms with Crippen LogP contribution < -0.4 is 10.1 Å². The van der Waals surface area contributed by atoms with Crippen LogP contribution in [-0.4, -0.2) is 38.9 Å². The molecular formula is C32H35ClN4O3. The SMILES string of the molecule is CC(NC(=O)COc1ccc(Cl)cc1)c1nc2ccccc2n1CC(=O)N(Cc1ccccc1)C1CCCCC1. The summed E-state index contributed by atoms with van der Waals surface area (Å²) in [5, 5.41) is 3.59. The molecule has 208 valence electrons. The minimum absolute atomic E-state index is 0.0600. The summed E-state index contributed by atoms with van der Waals surface area (Å²) in [5.41, 5.74) is 2.78. The van der Waals surface area contributed by atoms with Crippen molar-refractivity contribution in [3.05, 3.63) is 95.3 Å². The van der Waals surface area contributed by atoms with Crippen LogP contribution in [0.25, 0.3) is 11.0 Å². The van der Waals surface area contributed by atoms with Crippen molar-refractivity contribution in [1.29, 1.82) is 0 Å². The highest BCUT2D eigenvalue weighted by atomic mass is 35.5. The number of carbonyl (C=O) groups excluding carboxylic acids is 2. The Morgan fingerprint density at radius 3 is 2.45 bits per heavy atom. The number of hydrogen-bond acceptors (Lipinski definition) is 4. The van der Waals surface area contributed by atoms with Crippen LogP contribution in [0.5, 0.6) is 5.75 Å². The summed E-state index contributed by atoms with van der Waals surface area (Å²) >= 11 is 5.93. The lowest BCUT2D eigenvalue weighted by molar-refractivity contribution is -0.135. The van der Waals surface area contributed by atoms with E-state index in [2.05, 4.69) is 22.3 Å². The quantitative estimate of drug-likeness (QED) is 0.247. The standard InChI is InChI=1S/C32H35ClN4O3/c1-23(34-30(38)22-40-27-18-16-25(33)17-19-27)32-35-28-14-8-9-15-29(28)37(32)21-31(39)36(26-12-6-3-7-13-26)20-24-10-4-2-5-11-24/h2,4-5,8-11,14-19,23,26H,3,6-7,12-13,20-22H2,1H3,(H,34,38). The second kappa shape index (κ2) is 13.0. The lowest BCUT2D eigenvalue weighted by atomic mass is 9.93. The molecule has 7 nitrogen and oxygen atoms in total. The van der Waals surface area contributed by atoms with Gasteiger partial charge in [0.05, 0.1) is 17.1 Å². The Hall–Kier alpha value is -3.84. The van der Waals surface area contributed by atoms with E-state index in [1.54, 1.807) is 24.3 Å². The van der Waals surface area contributed by atoms with Gasteiger partial charge < -0.3 is 19.5 Å². The zero-order valence-corrected chi connectivity index (χ0v) is 23.5. The average Bonchev–Trinajstić information content (AvgIpc) is 3.35. The van der Waals surface area contributed by atoms with E-state index < -0.39 is 6.04 Å². The van der Waals surface area contributed by atoms with Crippen molar-refractivity contribution in [2.75, 3.05) is 6.61 Å². The molecule has 0 bridgehead atoms. The second-order valence-electron chi connectivity index (χ2n) is 10.4. The molecule has 1 aliphatic carbocycles. The van der Waals surface area contributed by atoms with Gasteiger partial charge in [-0.05, 0) is 61.7 Å². The first-order valence-electron chi connectivity index (χ1n) is 13.9. The van der Waals surface area contributed by atoms with Crippen LogP contribution in [0, 0.1) is 0 Å². The van der Waals surface area contributed by atoms with Gasteiger partial charge in [-0.2, -0.15) is 0 Å². The van der Waals surface area contributed by atoms with Crippen LogP contribution in [0.3, 0.4) is 0 Å². The van der Waals surface area contributed by atoms with Gasteiger partial charge in [-0.3, -0.25) is 9.59 Å². The number of para-hydroxylation sites is 2. The normalized spacial score (nSPS) is 14.6. The summed E-state index contributed by atoms with van der Waals surface area (Å²) in [6.45, 7) is 2.48. The maximum Gasteiger partial charge on any atom is 0.258 e. The summed E-state index contributed by atoms with van der Waals surface area (Å²) in [6, 6.07) is 24.6. The number of rotatable bonds is 10. The fourth-order valence-electron chi connectivity index (χ4n) is 5.44. The Kier molecular flexibility index (Phi) is 9.01. The number of nitrogens with one attached hydrogen (secondary N) is 1. The van der Waals surface area contributed by atoms with E-state index in [9.17, 15) is 9.59 Å². The largest absolute Gasteiger partial charge is 0.484 e. The molecule has 1 aromatic heterocycles. The molecule has 1 unspecified atom stereocenters. The minimum atomic E-state index is -0.432. The monoisotopic (exact) mass is 558 g/mol. The molecule has 1 atom stereocenters. The van der Waals surface area contributed by atoms with Crippen molar-refractivity contribution >= 4 is 34.4 Å². The molecule has 0 spiro atoms. The highest BCUT2D eigenvalue weighted by molar-refractivity contribution is 6.30. The average molecular weight is 559 g/mol. The third-order valence-corrected chi connectivity index (χ3v) is 7.71. The molecule has 0 saturated heterocycles. The molecule has 0 radical (unpaired) electrons. The first-order chi connectivity index (χ1) is 19.5. The molecule has 2 amide bonds. The second-order valence-corrected chi connectivity index (χ2v) is 10.8. The smallest absolute Gasteiger partial charge is 0.258 e. The fourth-order valence-corrected chi connectivity index (χ4v) is 5.56. The summed E-state index contributed by atoms with van der Waals surface area (Å²) in [4.78, 5) is 33.6. The third kappa shape index (κ3) is 6.83. The Labute approximate surface area is 240 Å². The lowest BCUT2D eigenvalue weighted by Gasteiger charge is -2.35. The van der Waals surface area contributed by atoms with Crippen LogP contribution >= 0.6 is 11.6 Å². The molecule has 1 heterocycles. The number of benzene rings is 3. The van der Waals surface area contributed by atoms with Crippen LogP contribution in [0.1, 0.15) is 56.5 Å². The third-order valence-electron chi connectivity index (χ3n) is 7.46. The number of nitrogens with zero attached hydrogens (tertiary/aromatic N) is 3. The topological polar surface area (TPSA) is 76.5 Å². The number of halogens is 1. The van der Waals surface area contributed by atoms with E-state index in [0.717, 1.165) is 42.3 Å². The lowest BCUT2D eigenvalue weighted by Crippen LogP contribution is -2.43. The van der Waals surface area contributed by atoms with Crippen LogP contribution in [0.15, 0.2) is 78.9 Å². The maximum absolute atomic E-state index is 14.0. The van der Waals surface area contributed by atoms with Gasteiger partial charge in [-0.25, -0.2) is 4.98 Å². The number of hydrogen-bond donors (Lipinski definition) is 1. The molecular weight excluding hydrogens is 524 g/mol. The summed E-state index contributed by atoms with van der Waals surface area (Å²) in [5.74, 6) is 0.981. The Morgan fingerprint density at radius 1 is 1.00 bits per heavy atom. The van der Waals surface area contributed by atoms with E-state index in [0.29, 0.717) is 23.1 Å². The molecule has 1 fully saturated rings. The minimum Gasteiger partial charge on any atom is -0.484 e. The Morgan fingerprint density at radius 2 is 1.70 bits per heavy atom. The first-order valence-corrected chi connectivity index (χ1v) is 14.3. The summed E-state index contributed by atoms with van der Waals surface area (Å²) in [6.07, 6.45) is 5.55. The highest BCUT2D eigenvalue weighted by Gasteiger charge is 2.28. The number of fused-ring (bicyclic) bond motifs is 1. The number of amides is 2. The van der Waals surface area contributed by atoms with Crippen LogP contribution in [0.2, 0.25) is 5.02 Å². The van der Waals surface area contributed by atoms with E-state index in [1.807, 2.05) is 54.0 Å². The molecule has 0 aliphatic heterocycles. The van der Waals surface area contributed by atoms with E-state index in [-0.39, 0.29) is 31.0 Å². The molecule has 1 aliphatic rings.